The predicted molar refractivity (Wildman–Crippen MR) is 218 cm³/mol. The van der Waals surface area contributed by atoms with Crippen LogP contribution in [-0.2, 0) is 0 Å². The fraction of sp³-hybridized carbons (Fsp3) is 0. The van der Waals surface area contributed by atoms with Crippen molar-refractivity contribution in [3.8, 4) is 95.1 Å². The van der Waals surface area contributed by atoms with Gasteiger partial charge in [-0.1, -0.05) is 133 Å². The van der Waals surface area contributed by atoms with E-state index in [1.807, 2.05) is 18.5 Å². The molecule has 0 spiro atoms. The molecule has 10 rings (SSSR count). The van der Waals surface area contributed by atoms with Gasteiger partial charge in [0.2, 0.25) is 0 Å². The lowest BCUT2D eigenvalue weighted by Crippen LogP contribution is -2.02. The molecule has 53 heavy (non-hydrogen) atoms. The maximum Gasteiger partial charge on any atom is 0.145 e. The fourth-order valence-corrected chi connectivity index (χ4v) is 7.93. The number of imidazole rings is 1. The third-order valence-corrected chi connectivity index (χ3v) is 10.4. The lowest BCUT2D eigenvalue weighted by Gasteiger charge is -2.26. The summed E-state index contributed by atoms with van der Waals surface area (Å²) in [6.45, 7) is 0. The Kier molecular flexibility index (Phi) is 7.47. The van der Waals surface area contributed by atoms with E-state index in [4.69, 9.17) is 9.97 Å². The standard InChI is InChI=1S/C50H33N3/c1-4-16-34(17-5-1)41-30-43-38-23-11-13-25-40(38)46-33-48(50-52-28-29-53(50)36-20-8-3-9-21-36)42(35-18-6-2-7-19-35)31-44(46)37-22-10-12-24-39(37)45(43)32-47(41)49-26-14-15-27-51-49/h1-33H. The first-order valence-corrected chi connectivity index (χ1v) is 18.0. The van der Waals surface area contributed by atoms with Crippen molar-refractivity contribution in [1.29, 1.82) is 0 Å². The Morgan fingerprint density at radius 3 is 1.25 bits per heavy atom. The Morgan fingerprint density at radius 2 is 0.736 bits per heavy atom. The molecule has 0 fully saturated rings. The maximum atomic E-state index is 5.02. The molecule has 248 valence electrons. The average molecular weight is 676 g/mol. The lowest BCUT2D eigenvalue weighted by atomic mass is 9.77. The molecule has 3 nitrogen and oxygen atoms in total. The second-order valence-electron chi connectivity index (χ2n) is 13.4. The van der Waals surface area contributed by atoms with E-state index in [2.05, 4.69) is 187 Å². The topological polar surface area (TPSA) is 30.7 Å². The zero-order chi connectivity index (χ0) is 35.1. The number of fused-ring (bicyclic) bond motifs is 8. The second kappa shape index (κ2) is 12.9. The van der Waals surface area contributed by atoms with E-state index in [9.17, 15) is 0 Å². The summed E-state index contributed by atoms with van der Waals surface area (Å²) in [5.74, 6) is 0.900. The summed E-state index contributed by atoms with van der Waals surface area (Å²) >= 11 is 0. The van der Waals surface area contributed by atoms with Gasteiger partial charge in [0.15, 0.2) is 0 Å². The van der Waals surface area contributed by atoms with Crippen molar-refractivity contribution in [2.24, 2.45) is 0 Å². The number of nitrogens with zero attached hydrogens (tertiary/aromatic N) is 3. The minimum atomic E-state index is 0.900. The van der Waals surface area contributed by atoms with Gasteiger partial charge in [0.1, 0.15) is 5.82 Å². The summed E-state index contributed by atoms with van der Waals surface area (Å²) in [4.78, 5) is 9.88. The molecule has 0 aliphatic heterocycles. The van der Waals surface area contributed by atoms with Gasteiger partial charge >= 0.3 is 0 Å². The first-order chi connectivity index (χ1) is 26.3. The molecule has 7 aromatic carbocycles. The van der Waals surface area contributed by atoms with Crippen molar-refractivity contribution < 1.29 is 0 Å². The third-order valence-electron chi connectivity index (χ3n) is 10.4. The molecule has 2 heterocycles. The summed E-state index contributed by atoms with van der Waals surface area (Å²) in [5.41, 5.74) is 18.3. The van der Waals surface area contributed by atoms with E-state index in [1.165, 1.54) is 44.5 Å². The summed E-state index contributed by atoms with van der Waals surface area (Å²) < 4.78 is 2.19. The minimum Gasteiger partial charge on any atom is -0.300 e. The van der Waals surface area contributed by atoms with Gasteiger partial charge < -0.3 is 0 Å². The molecule has 0 radical (unpaired) electrons. The van der Waals surface area contributed by atoms with Crippen LogP contribution in [0, 0.1) is 0 Å². The van der Waals surface area contributed by atoms with Gasteiger partial charge in [0.05, 0.1) is 5.69 Å². The average Bonchev–Trinajstić information content (AvgIpc) is 3.74. The van der Waals surface area contributed by atoms with Gasteiger partial charge in [-0.05, 0) is 115 Å². The minimum absolute atomic E-state index is 0.900. The van der Waals surface area contributed by atoms with E-state index in [-0.39, 0.29) is 0 Å². The van der Waals surface area contributed by atoms with Crippen LogP contribution in [0.25, 0.3) is 95.1 Å². The number of benzene rings is 7. The molecule has 0 saturated heterocycles. The SMILES string of the molecule is c1ccc(-c2cc3c(cc2-c2ccccn2)-c2ccccc2-c2cc(-c4ccccc4)c(-c4nccn4-c4ccccc4)cc2-c2ccccc2-3)cc1. The van der Waals surface area contributed by atoms with Gasteiger partial charge in [-0.15, -0.1) is 0 Å². The molecule has 3 heteroatoms. The van der Waals surface area contributed by atoms with E-state index in [1.54, 1.807) is 0 Å². The van der Waals surface area contributed by atoms with Crippen molar-refractivity contribution in [1.82, 2.24) is 14.5 Å². The van der Waals surface area contributed by atoms with E-state index in [0.717, 1.165) is 50.6 Å². The Labute approximate surface area is 309 Å². The van der Waals surface area contributed by atoms with Crippen LogP contribution in [0.15, 0.2) is 201 Å². The molecule has 0 bridgehead atoms. The highest BCUT2D eigenvalue weighted by atomic mass is 15.1. The van der Waals surface area contributed by atoms with Crippen LogP contribution in [0.3, 0.4) is 0 Å². The van der Waals surface area contributed by atoms with Crippen LogP contribution in [0.2, 0.25) is 0 Å². The molecular formula is C50H33N3. The molecule has 0 atom stereocenters. The highest BCUT2D eigenvalue weighted by Crippen LogP contribution is 2.52. The quantitative estimate of drug-likeness (QED) is 0.182. The molecule has 2 aromatic heterocycles. The first kappa shape index (κ1) is 30.7. The second-order valence-corrected chi connectivity index (χ2v) is 13.4. The highest BCUT2D eigenvalue weighted by Gasteiger charge is 2.27. The van der Waals surface area contributed by atoms with E-state index in [0.29, 0.717) is 0 Å². The van der Waals surface area contributed by atoms with Crippen LogP contribution in [0.5, 0.6) is 0 Å². The molecule has 0 N–H and O–H groups in total. The summed E-state index contributed by atoms with van der Waals surface area (Å²) in [7, 11) is 0. The number of para-hydroxylation sites is 1. The van der Waals surface area contributed by atoms with Crippen LogP contribution in [-0.4, -0.2) is 14.5 Å². The Bertz CT molecular complexity index is 2740. The molecule has 1 aliphatic rings. The van der Waals surface area contributed by atoms with Gasteiger partial charge in [0, 0.05) is 35.4 Å². The number of hydrogen-bond donors (Lipinski definition) is 0. The van der Waals surface area contributed by atoms with Gasteiger partial charge in [-0.2, -0.15) is 0 Å². The molecule has 0 unspecified atom stereocenters. The largest absolute Gasteiger partial charge is 0.300 e. The van der Waals surface area contributed by atoms with E-state index >= 15 is 0 Å². The normalized spacial score (nSPS) is 11.4. The maximum absolute atomic E-state index is 5.02. The van der Waals surface area contributed by atoms with Crippen molar-refractivity contribution in [3.63, 3.8) is 0 Å². The summed E-state index contributed by atoms with van der Waals surface area (Å²) in [5, 5.41) is 0. The number of hydrogen-bond acceptors (Lipinski definition) is 2. The third kappa shape index (κ3) is 5.30. The van der Waals surface area contributed by atoms with Gasteiger partial charge in [0.25, 0.3) is 0 Å². The first-order valence-electron chi connectivity index (χ1n) is 18.0. The smallest absolute Gasteiger partial charge is 0.145 e. The molecular weight excluding hydrogens is 643 g/mol. The van der Waals surface area contributed by atoms with Crippen molar-refractivity contribution in [2.75, 3.05) is 0 Å². The summed E-state index contributed by atoms with van der Waals surface area (Å²) in [6, 6.07) is 65.2. The van der Waals surface area contributed by atoms with Crippen LogP contribution in [0.1, 0.15) is 0 Å². The lowest BCUT2D eigenvalue weighted by molar-refractivity contribution is 1.07. The zero-order valence-corrected chi connectivity index (χ0v) is 28.9. The van der Waals surface area contributed by atoms with Crippen molar-refractivity contribution >= 4 is 0 Å². The molecule has 0 saturated carbocycles. The van der Waals surface area contributed by atoms with E-state index < -0.39 is 0 Å². The highest BCUT2D eigenvalue weighted by molar-refractivity contribution is 6.07. The number of pyridine rings is 1. The number of rotatable bonds is 5. The molecule has 0 amide bonds. The number of aromatic nitrogens is 3. The molecule has 9 aromatic rings. The van der Waals surface area contributed by atoms with Crippen molar-refractivity contribution in [2.45, 2.75) is 0 Å². The van der Waals surface area contributed by atoms with Crippen molar-refractivity contribution in [3.05, 3.63) is 201 Å². The predicted octanol–water partition coefficient (Wildman–Crippen LogP) is 12.9. The fourth-order valence-electron chi connectivity index (χ4n) is 7.93. The Balaban J connectivity index is 1.31. The van der Waals surface area contributed by atoms with Crippen LogP contribution < -0.4 is 0 Å². The molecule has 1 aliphatic carbocycles. The Hall–Kier alpha value is -7.10. The summed E-state index contributed by atoms with van der Waals surface area (Å²) in [6.07, 6.45) is 5.84. The van der Waals surface area contributed by atoms with Gasteiger partial charge in [-0.3, -0.25) is 9.55 Å². The van der Waals surface area contributed by atoms with Crippen LogP contribution in [0.4, 0.5) is 0 Å². The Morgan fingerprint density at radius 1 is 0.302 bits per heavy atom. The van der Waals surface area contributed by atoms with Crippen LogP contribution >= 0.6 is 0 Å². The zero-order valence-electron chi connectivity index (χ0n) is 28.9. The monoisotopic (exact) mass is 675 g/mol. The van der Waals surface area contributed by atoms with Gasteiger partial charge in [-0.25, -0.2) is 4.98 Å².